The molecule has 118 valence electrons. The zero-order valence-corrected chi connectivity index (χ0v) is 13.7. The number of urea groups is 1. The molecule has 2 amide bonds. The van der Waals surface area contributed by atoms with Gasteiger partial charge in [-0.15, -0.1) is 11.8 Å². The van der Waals surface area contributed by atoms with E-state index in [0.717, 1.165) is 49.1 Å². The van der Waals surface area contributed by atoms with Gasteiger partial charge in [-0.1, -0.05) is 19.1 Å². The van der Waals surface area contributed by atoms with Gasteiger partial charge in [-0.25, -0.2) is 9.78 Å². The number of hydrogen-bond donors (Lipinski definition) is 1. The number of carbonyl (C=O) groups excluding carboxylic acids is 1. The lowest BCUT2D eigenvalue weighted by molar-refractivity contribution is 0.212. The molecule has 3 rings (SSSR count). The van der Waals surface area contributed by atoms with E-state index in [9.17, 15) is 4.79 Å². The van der Waals surface area contributed by atoms with Crippen molar-refractivity contribution in [2.45, 2.75) is 24.4 Å². The Kier molecular flexibility index (Phi) is 5.00. The fourth-order valence-electron chi connectivity index (χ4n) is 2.91. The molecule has 6 heteroatoms. The van der Waals surface area contributed by atoms with Crippen LogP contribution in [0.5, 0.6) is 0 Å². The molecule has 22 heavy (non-hydrogen) atoms. The molecular weight excluding hydrogens is 296 g/mol. The van der Waals surface area contributed by atoms with Crippen LogP contribution in [0.3, 0.4) is 0 Å². The number of anilines is 1. The summed E-state index contributed by atoms with van der Waals surface area (Å²) in [5, 5.41) is 3.93. The standard InChI is InChI=1S/C16H22N4OS/c1-2-22-15-6-5-13(11-17-15)18-16(21)20-10-7-14(12-20)19-8-3-4-9-19/h3-6,11,14H,2,7-10,12H2,1H3,(H,18,21)/t14-/m0/s1. The van der Waals surface area contributed by atoms with Gasteiger partial charge in [0.1, 0.15) is 0 Å². The second kappa shape index (κ2) is 7.15. The van der Waals surface area contributed by atoms with E-state index in [4.69, 9.17) is 0 Å². The second-order valence-corrected chi connectivity index (χ2v) is 6.85. The Labute approximate surface area is 135 Å². The molecule has 1 saturated heterocycles. The van der Waals surface area contributed by atoms with Crippen molar-refractivity contribution in [1.29, 1.82) is 0 Å². The molecule has 0 aromatic carbocycles. The van der Waals surface area contributed by atoms with Gasteiger partial charge in [-0.05, 0) is 24.3 Å². The topological polar surface area (TPSA) is 48.5 Å². The number of amides is 2. The van der Waals surface area contributed by atoms with Crippen molar-refractivity contribution in [3.63, 3.8) is 0 Å². The van der Waals surface area contributed by atoms with Crippen molar-refractivity contribution in [2.75, 3.05) is 37.2 Å². The molecule has 2 aliphatic rings. The number of aromatic nitrogens is 1. The largest absolute Gasteiger partial charge is 0.323 e. The highest BCUT2D eigenvalue weighted by atomic mass is 32.2. The van der Waals surface area contributed by atoms with Crippen LogP contribution in [-0.2, 0) is 0 Å². The number of nitrogens with one attached hydrogen (secondary N) is 1. The summed E-state index contributed by atoms with van der Waals surface area (Å²) >= 11 is 1.70. The van der Waals surface area contributed by atoms with Crippen LogP contribution < -0.4 is 5.32 Å². The van der Waals surface area contributed by atoms with Crippen LogP contribution in [0.1, 0.15) is 13.3 Å². The molecule has 1 aromatic rings. The first-order valence-electron chi connectivity index (χ1n) is 7.80. The van der Waals surface area contributed by atoms with Gasteiger partial charge in [0.25, 0.3) is 0 Å². The van der Waals surface area contributed by atoms with Gasteiger partial charge in [-0.2, -0.15) is 0 Å². The van der Waals surface area contributed by atoms with E-state index in [1.165, 1.54) is 0 Å². The predicted molar refractivity (Wildman–Crippen MR) is 90.3 cm³/mol. The van der Waals surface area contributed by atoms with Gasteiger partial charge in [0, 0.05) is 32.2 Å². The summed E-state index contributed by atoms with van der Waals surface area (Å²) in [6, 6.07) is 4.34. The highest BCUT2D eigenvalue weighted by Crippen LogP contribution is 2.20. The molecule has 1 aromatic heterocycles. The number of rotatable bonds is 4. The maximum Gasteiger partial charge on any atom is 0.321 e. The maximum absolute atomic E-state index is 12.3. The number of hydrogen-bond acceptors (Lipinski definition) is 4. The molecule has 3 heterocycles. The van der Waals surface area contributed by atoms with Crippen molar-refractivity contribution in [3.05, 3.63) is 30.5 Å². The molecule has 1 N–H and O–H groups in total. The zero-order valence-electron chi connectivity index (χ0n) is 12.9. The third-order valence-electron chi connectivity index (χ3n) is 4.09. The summed E-state index contributed by atoms with van der Waals surface area (Å²) in [5.41, 5.74) is 0.761. The Balaban J connectivity index is 1.51. The lowest BCUT2D eigenvalue weighted by Gasteiger charge is -2.23. The molecular formula is C16H22N4OS. The molecule has 0 bridgehead atoms. The van der Waals surface area contributed by atoms with Crippen LogP contribution in [-0.4, -0.2) is 58.8 Å². The Bertz CT molecular complexity index is 538. The Morgan fingerprint density at radius 3 is 2.91 bits per heavy atom. The van der Waals surface area contributed by atoms with Crippen LogP contribution >= 0.6 is 11.8 Å². The van der Waals surface area contributed by atoms with Crippen LogP contribution in [0, 0.1) is 0 Å². The van der Waals surface area contributed by atoms with Crippen LogP contribution in [0.4, 0.5) is 10.5 Å². The Morgan fingerprint density at radius 2 is 2.23 bits per heavy atom. The molecule has 0 unspecified atom stereocenters. The second-order valence-electron chi connectivity index (χ2n) is 5.56. The molecule has 5 nitrogen and oxygen atoms in total. The maximum atomic E-state index is 12.3. The van der Waals surface area contributed by atoms with E-state index < -0.39 is 0 Å². The van der Waals surface area contributed by atoms with E-state index in [1.807, 2.05) is 17.0 Å². The number of pyridine rings is 1. The highest BCUT2D eigenvalue weighted by molar-refractivity contribution is 7.99. The summed E-state index contributed by atoms with van der Waals surface area (Å²) in [7, 11) is 0. The number of thioether (sulfide) groups is 1. The van der Waals surface area contributed by atoms with Crippen molar-refractivity contribution in [1.82, 2.24) is 14.8 Å². The third-order valence-corrected chi connectivity index (χ3v) is 4.92. The predicted octanol–water partition coefficient (Wildman–Crippen LogP) is 2.67. The molecule has 0 saturated carbocycles. The summed E-state index contributed by atoms with van der Waals surface area (Å²) in [6.45, 7) is 5.76. The SMILES string of the molecule is CCSc1ccc(NC(=O)N2CC[C@H](N3CC=CC3)C2)cn1. The average molecular weight is 318 g/mol. The van der Waals surface area contributed by atoms with Gasteiger partial charge < -0.3 is 10.2 Å². The summed E-state index contributed by atoms with van der Waals surface area (Å²) in [6.07, 6.45) is 7.18. The normalized spacial score (nSPS) is 21.5. The Morgan fingerprint density at radius 1 is 1.41 bits per heavy atom. The molecule has 2 aliphatic heterocycles. The van der Waals surface area contributed by atoms with E-state index >= 15 is 0 Å². The first-order chi connectivity index (χ1) is 10.8. The first-order valence-corrected chi connectivity index (χ1v) is 8.78. The van der Waals surface area contributed by atoms with Gasteiger partial charge in [-0.3, -0.25) is 4.90 Å². The van der Waals surface area contributed by atoms with Crippen molar-refractivity contribution >= 4 is 23.5 Å². The van der Waals surface area contributed by atoms with E-state index in [-0.39, 0.29) is 6.03 Å². The molecule has 0 radical (unpaired) electrons. The summed E-state index contributed by atoms with van der Waals surface area (Å²) in [5.74, 6) is 0.999. The lowest BCUT2D eigenvalue weighted by atomic mass is 10.2. The first kappa shape index (κ1) is 15.4. The van der Waals surface area contributed by atoms with Crippen molar-refractivity contribution in [3.8, 4) is 0 Å². The van der Waals surface area contributed by atoms with Gasteiger partial charge in [0.2, 0.25) is 0 Å². The number of likely N-dealkylation sites (tertiary alicyclic amines) is 1. The van der Waals surface area contributed by atoms with Crippen LogP contribution in [0.15, 0.2) is 35.5 Å². The van der Waals surface area contributed by atoms with E-state index in [0.29, 0.717) is 6.04 Å². The third kappa shape index (κ3) is 3.62. The molecule has 0 spiro atoms. The number of nitrogens with zero attached hydrogens (tertiary/aromatic N) is 3. The fourth-order valence-corrected chi connectivity index (χ4v) is 3.49. The quantitative estimate of drug-likeness (QED) is 0.685. The van der Waals surface area contributed by atoms with Gasteiger partial charge >= 0.3 is 6.03 Å². The zero-order chi connectivity index (χ0) is 15.4. The van der Waals surface area contributed by atoms with E-state index in [1.54, 1.807) is 18.0 Å². The summed E-state index contributed by atoms with van der Waals surface area (Å²) in [4.78, 5) is 21.0. The van der Waals surface area contributed by atoms with Gasteiger partial charge in [0.15, 0.2) is 0 Å². The van der Waals surface area contributed by atoms with E-state index in [2.05, 4.69) is 34.3 Å². The molecule has 1 fully saturated rings. The van der Waals surface area contributed by atoms with Crippen LogP contribution in [0.2, 0.25) is 0 Å². The highest BCUT2D eigenvalue weighted by Gasteiger charge is 2.30. The van der Waals surface area contributed by atoms with Gasteiger partial charge in [0.05, 0.1) is 16.9 Å². The smallest absolute Gasteiger partial charge is 0.321 e. The molecule has 1 atom stereocenters. The average Bonchev–Trinajstić information content (AvgIpc) is 3.20. The molecule has 0 aliphatic carbocycles. The lowest BCUT2D eigenvalue weighted by Crippen LogP contribution is -2.38. The van der Waals surface area contributed by atoms with Crippen molar-refractivity contribution in [2.24, 2.45) is 0 Å². The monoisotopic (exact) mass is 318 g/mol. The minimum Gasteiger partial charge on any atom is -0.323 e. The summed E-state index contributed by atoms with van der Waals surface area (Å²) < 4.78 is 0. The minimum atomic E-state index is -0.0210. The minimum absolute atomic E-state index is 0.0210. The van der Waals surface area contributed by atoms with Crippen LogP contribution in [0.25, 0.3) is 0 Å². The number of carbonyl (C=O) groups is 1. The fraction of sp³-hybridized carbons (Fsp3) is 0.500. The Hall–Kier alpha value is -1.53. The van der Waals surface area contributed by atoms with Crippen molar-refractivity contribution < 1.29 is 4.79 Å².